The Morgan fingerprint density at radius 2 is 1.78 bits per heavy atom. The van der Waals surface area contributed by atoms with E-state index in [1.165, 1.54) is 24.3 Å². The quantitative estimate of drug-likeness (QED) is 0.674. The predicted octanol–water partition coefficient (Wildman–Crippen LogP) is 4.10. The number of halogens is 3. The minimum Gasteiger partial charge on any atom is -0.478 e. The van der Waals surface area contributed by atoms with E-state index < -0.39 is 39.6 Å². The highest BCUT2D eigenvalue weighted by molar-refractivity contribution is 5.89. The zero-order valence-electron chi connectivity index (χ0n) is 11.2. The number of aromatic carboxylic acids is 1. The van der Waals surface area contributed by atoms with Crippen molar-refractivity contribution in [1.29, 1.82) is 0 Å². The van der Waals surface area contributed by atoms with Crippen molar-refractivity contribution in [3.05, 3.63) is 63.7 Å². The fourth-order valence-corrected chi connectivity index (χ4v) is 1.80. The first-order chi connectivity index (χ1) is 10.7. The molecule has 0 aliphatic rings. The van der Waals surface area contributed by atoms with Gasteiger partial charge in [0, 0.05) is 6.07 Å². The van der Waals surface area contributed by atoms with Gasteiger partial charge in [0.2, 0.25) is 5.75 Å². The lowest BCUT2D eigenvalue weighted by Gasteiger charge is -2.14. The van der Waals surface area contributed by atoms with E-state index in [1.807, 2.05) is 0 Å². The smallest absolute Gasteiger partial charge is 0.420 e. The van der Waals surface area contributed by atoms with Gasteiger partial charge < -0.3 is 9.84 Å². The van der Waals surface area contributed by atoms with Gasteiger partial charge in [-0.1, -0.05) is 18.2 Å². The molecule has 0 heterocycles. The first-order valence-electron chi connectivity index (χ1n) is 6.06. The van der Waals surface area contributed by atoms with Gasteiger partial charge in [-0.3, -0.25) is 10.1 Å². The molecule has 0 unspecified atom stereocenters. The van der Waals surface area contributed by atoms with E-state index in [2.05, 4.69) is 0 Å². The molecule has 1 N–H and O–H groups in total. The Morgan fingerprint density at radius 3 is 2.26 bits per heavy atom. The number of hydrogen-bond donors (Lipinski definition) is 1. The third kappa shape index (κ3) is 3.57. The molecule has 120 valence electrons. The van der Waals surface area contributed by atoms with Crippen molar-refractivity contribution in [3.63, 3.8) is 0 Å². The molecule has 23 heavy (non-hydrogen) atoms. The van der Waals surface area contributed by atoms with E-state index in [-0.39, 0.29) is 5.75 Å². The van der Waals surface area contributed by atoms with E-state index in [0.29, 0.717) is 12.1 Å². The van der Waals surface area contributed by atoms with Gasteiger partial charge in [0.25, 0.3) is 0 Å². The second-order valence-corrected chi connectivity index (χ2v) is 4.35. The highest BCUT2D eigenvalue weighted by Crippen LogP contribution is 2.44. The minimum atomic E-state index is -5.03. The highest BCUT2D eigenvalue weighted by Gasteiger charge is 2.39. The second kappa shape index (κ2) is 5.95. The van der Waals surface area contributed by atoms with Gasteiger partial charge >= 0.3 is 17.8 Å². The van der Waals surface area contributed by atoms with Crippen LogP contribution in [0.3, 0.4) is 0 Å². The van der Waals surface area contributed by atoms with Crippen molar-refractivity contribution in [2.24, 2.45) is 0 Å². The number of nitro groups is 1. The number of hydrogen-bond acceptors (Lipinski definition) is 4. The van der Waals surface area contributed by atoms with Gasteiger partial charge in [-0.25, -0.2) is 4.79 Å². The summed E-state index contributed by atoms with van der Waals surface area (Å²) in [6, 6.07) is 7.98. The summed E-state index contributed by atoms with van der Waals surface area (Å²) in [6.45, 7) is 0. The first-order valence-corrected chi connectivity index (χ1v) is 6.06. The molecule has 9 heteroatoms. The van der Waals surface area contributed by atoms with Crippen LogP contribution in [-0.2, 0) is 6.18 Å². The molecule has 0 aliphatic heterocycles. The second-order valence-electron chi connectivity index (χ2n) is 4.35. The van der Waals surface area contributed by atoms with Crippen LogP contribution in [0.5, 0.6) is 11.5 Å². The summed E-state index contributed by atoms with van der Waals surface area (Å²) in [5, 5.41) is 19.9. The molecule has 2 aromatic rings. The monoisotopic (exact) mass is 327 g/mol. The van der Waals surface area contributed by atoms with E-state index in [9.17, 15) is 28.1 Å². The van der Waals surface area contributed by atoms with Gasteiger partial charge in [0.1, 0.15) is 11.3 Å². The number of ether oxygens (including phenoxy) is 1. The number of nitrogens with zero attached hydrogens (tertiary/aromatic N) is 1. The van der Waals surface area contributed by atoms with Crippen molar-refractivity contribution >= 4 is 11.7 Å². The van der Waals surface area contributed by atoms with Gasteiger partial charge in [0.15, 0.2) is 0 Å². The summed E-state index contributed by atoms with van der Waals surface area (Å²) < 4.78 is 44.4. The van der Waals surface area contributed by atoms with Crippen molar-refractivity contribution in [2.45, 2.75) is 6.18 Å². The molecule has 0 aliphatic carbocycles. The van der Waals surface area contributed by atoms with E-state index in [4.69, 9.17) is 9.84 Å². The summed E-state index contributed by atoms with van der Waals surface area (Å²) in [5.41, 5.74) is -3.47. The average molecular weight is 327 g/mol. The molecule has 0 aromatic heterocycles. The van der Waals surface area contributed by atoms with Crippen molar-refractivity contribution in [2.75, 3.05) is 0 Å². The SMILES string of the molecule is O=C(O)c1cc([N+](=O)[O-])c(Oc2ccccc2)c(C(F)(F)F)c1. The summed E-state index contributed by atoms with van der Waals surface area (Å²) in [4.78, 5) is 20.8. The zero-order chi connectivity index (χ0) is 17.2. The lowest BCUT2D eigenvalue weighted by Crippen LogP contribution is -2.11. The Hall–Kier alpha value is -3.10. The molecule has 0 spiro atoms. The van der Waals surface area contributed by atoms with Gasteiger partial charge in [0.05, 0.1) is 10.5 Å². The van der Waals surface area contributed by atoms with E-state index in [0.717, 1.165) is 0 Å². The van der Waals surface area contributed by atoms with Gasteiger partial charge in [-0.2, -0.15) is 13.2 Å². The maximum Gasteiger partial charge on any atom is 0.420 e. The van der Waals surface area contributed by atoms with Gasteiger partial charge in [-0.05, 0) is 18.2 Å². The van der Waals surface area contributed by atoms with Crippen LogP contribution in [0.1, 0.15) is 15.9 Å². The number of carboxylic acid groups (broad SMARTS) is 1. The molecule has 0 saturated heterocycles. The summed E-state index contributed by atoms with van der Waals surface area (Å²) in [5.74, 6) is -2.83. The molecular weight excluding hydrogens is 319 g/mol. The largest absolute Gasteiger partial charge is 0.478 e. The lowest BCUT2D eigenvalue weighted by molar-refractivity contribution is -0.385. The molecule has 0 bridgehead atoms. The van der Waals surface area contributed by atoms with E-state index >= 15 is 0 Å². The zero-order valence-corrected chi connectivity index (χ0v) is 11.2. The van der Waals surface area contributed by atoms with Crippen LogP contribution in [-0.4, -0.2) is 16.0 Å². The lowest BCUT2D eigenvalue weighted by atomic mass is 10.1. The van der Waals surface area contributed by atoms with Crippen LogP contribution in [0.4, 0.5) is 18.9 Å². The summed E-state index contributed by atoms with van der Waals surface area (Å²) in [7, 11) is 0. The number of rotatable bonds is 4. The Morgan fingerprint density at radius 1 is 1.17 bits per heavy atom. The fraction of sp³-hybridized carbons (Fsp3) is 0.0714. The normalized spacial score (nSPS) is 11.1. The molecule has 2 rings (SSSR count). The fourth-order valence-electron chi connectivity index (χ4n) is 1.80. The maximum atomic E-state index is 13.1. The van der Waals surface area contributed by atoms with Crippen molar-refractivity contribution in [3.8, 4) is 11.5 Å². The standard InChI is InChI=1S/C14H8F3NO5/c15-14(16,17)10-6-8(13(19)20)7-11(18(21)22)12(10)23-9-4-2-1-3-5-9/h1-7H,(H,19,20). The Labute approximate surface area is 126 Å². The van der Waals surface area contributed by atoms with Crippen LogP contribution in [0.2, 0.25) is 0 Å². The minimum absolute atomic E-state index is 0.0517. The molecule has 0 fully saturated rings. The van der Waals surface area contributed by atoms with Crippen LogP contribution in [0, 0.1) is 10.1 Å². The number of para-hydroxylation sites is 1. The third-order valence-corrected chi connectivity index (χ3v) is 2.78. The first kappa shape index (κ1) is 16.3. The molecule has 0 radical (unpaired) electrons. The number of benzene rings is 2. The van der Waals surface area contributed by atoms with Crippen LogP contribution < -0.4 is 4.74 Å². The average Bonchev–Trinajstić information content (AvgIpc) is 2.46. The summed E-state index contributed by atoms with van der Waals surface area (Å²) in [6.07, 6.45) is -5.03. The number of nitro benzene ring substituents is 1. The van der Waals surface area contributed by atoms with E-state index in [1.54, 1.807) is 6.07 Å². The molecule has 6 nitrogen and oxygen atoms in total. The Kier molecular flexibility index (Phi) is 4.21. The Bertz CT molecular complexity index is 759. The Balaban J connectivity index is 2.70. The van der Waals surface area contributed by atoms with Crippen LogP contribution >= 0.6 is 0 Å². The highest BCUT2D eigenvalue weighted by atomic mass is 19.4. The van der Waals surface area contributed by atoms with Crippen molar-refractivity contribution in [1.82, 2.24) is 0 Å². The van der Waals surface area contributed by atoms with Crippen LogP contribution in [0.25, 0.3) is 0 Å². The molecule has 0 amide bonds. The van der Waals surface area contributed by atoms with Crippen LogP contribution in [0.15, 0.2) is 42.5 Å². The topological polar surface area (TPSA) is 89.7 Å². The summed E-state index contributed by atoms with van der Waals surface area (Å²) >= 11 is 0. The molecular formula is C14H8F3NO5. The number of alkyl halides is 3. The third-order valence-electron chi connectivity index (χ3n) is 2.78. The number of carbonyl (C=O) groups is 1. The predicted molar refractivity (Wildman–Crippen MR) is 71.6 cm³/mol. The van der Waals surface area contributed by atoms with Gasteiger partial charge in [-0.15, -0.1) is 0 Å². The van der Waals surface area contributed by atoms with Crippen molar-refractivity contribution < 1.29 is 32.7 Å². The molecule has 2 aromatic carbocycles. The molecule has 0 saturated carbocycles. The number of carboxylic acids is 1. The maximum absolute atomic E-state index is 13.1. The molecule has 0 atom stereocenters.